The average molecular weight is 479 g/mol. The minimum Gasteiger partial charge on any atom is -0.427 e. The molecule has 4 unspecified atom stereocenters. The first kappa shape index (κ1) is 21.8. The highest BCUT2D eigenvalue weighted by atomic mass is 35.5. The van der Waals surface area contributed by atoms with Crippen LogP contribution in [-0.2, 0) is 19.2 Å². The van der Waals surface area contributed by atoms with Crippen molar-refractivity contribution in [1.82, 2.24) is 5.01 Å². The van der Waals surface area contributed by atoms with Crippen molar-refractivity contribution in [3.63, 3.8) is 0 Å². The molecule has 3 aliphatic heterocycles. The van der Waals surface area contributed by atoms with Gasteiger partial charge in [0.1, 0.15) is 11.8 Å². The van der Waals surface area contributed by atoms with Gasteiger partial charge >= 0.3 is 5.97 Å². The van der Waals surface area contributed by atoms with Crippen LogP contribution in [0.15, 0.2) is 65.8 Å². The van der Waals surface area contributed by atoms with Crippen molar-refractivity contribution in [2.24, 2.45) is 16.9 Å². The van der Waals surface area contributed by atoms with Crippen molar-refractivity contribution in [2.75, 3.05) is 10.2 Å². The molecule has 3 aliphatic rings. The number of carbonyl (C=O) groups is 4. The fourth-order valence-corrected chi connectivity index (χ4v) is 4.80. The third-order valence-electron chi connectivity index (χ3n) is 6.03. The Balaban J connectivity index is 1.46. The summed E-state index contributed by atoms with van der Waals surface area (Å²) in [4.78, 5) is 52.6. The van der Waals surface area contributed by atoms with Crippen LogP contribution in [0.5, 0.6) is 5.75 Å². The van der Waals surface area contributed by atoms with Crippen molar-refractivity contribution in [2.45, 2.75) is 19.0 Å². The van der Waals surface area contributed by atoms with E-state index in [1.807, 2.05) is 0 Å². The van der Waals surface area contributed by atoms with E-state index in [-0.39, 0.29) is 0 Å². The van der Waals surface area contributed by atoms with Gasteiger partial charge in [-0.2, -0.15) is 5.10 Å². The number of hydrogen-bond acceptors (Lipinski definition) is 7. The van der Waals surface area contributed by atoms with Crippen LogP contribution in [0.3, 0.4) is 0 Å². The van der Waals surface area contributed by atoms with E-state index in [1.165, 1.54) is 42.4 Å². The van der Waals surface area contributed by atoms with Crippen molar-refractivity contribution in [3.05, 3.63) is 65.7 Å². The molecule has 9 nitrogen and oxygen atoms in total. The highest BCUT2D eigenvalue weighted by Crippen LogP contribution is 2.45. The molecule has 0 spiro atoms. The van der Waals surface area contributed by atoms with Crippen LogP contribution in [0, 0.1) is 11.8 Å². The molecule has 10 heteroatoms. The lowest BCUT2D eigenvalue weighted by atomic mass is 9.88. The van der Waals surface area contributed by atoms with Gasteiger partial charge in [-0.1, -0.05) is 17.7 Å². The van der Waals surface area contributed by atoms with E-state index in [2.05, 4.69) is 10.4 Å². The van der Waals surface area contributed by atoms with E-state index in [0.717, 1.165) is 4.90 Å². The zero-order valence-corrected chi connectivity index (χ0v) is 18.7. The number of hydrogen-bond donors (Lipinski definition) is 1. The first-order valence-electron chi connectivity index (χ1n) is 10.6. The maximum atomic E-state index is 13.5. The molecule has 2 fully saturated rings. The first-order chi connectivity index (χ1) is 16.3. The number of amides is 3. The minimum atomic E-state index is -0.978. The number of fused-ring (bicyclic) bond motifs is 3. The second-order valence-electron chi connectivity index (χ2n) is 8.11. The molecule has 0 saturated carbocycles. The number of rotatable bonds is 4. The van der Waals surface area contributed by atoms with Crippen LogP contribution >= 0.6 is 11.6 Å². The molecule has 34 heavy (non-hydrogen) atoms. The number of benzene rings is 2. The Labute approximate surface area is 199 Å². The number of imide groups is 1. The molecule has 2 aromatic rings. The molecule has 2 saturated heterocycles. The van der Waals surface area contributed by atoms with Gasteiger partial charge < -0.3 is 10.1 Å². The molecule has 172 valence electrons. The van der Waals surface area contributed by atoms with Gasteiger partial charge in [-0.3, -0.25) is 24.2 Å². The van der Waals surface area contributed by atoms with Gasteiger partial charge in [0.15, 0.2) is 0 Å². The third-order valence-corrected chi connectivity index (χ3v) is 6.28. The fourth-order valence-electron chi connectivity index (χ4n) is 4.67. The van der Waals surface area contributed by atoms with Gasteiger partial charge in [-0.05, 0) is 54.6 Å². The Kier molecular flexibility index (Phi) is 5.41. The topological polar surface area (TPSA) is 108 Å². The molecule has 0 radical (unpaired) electrons. The van der Waals surface area contributed by atoms with Crippen molar-refractivity contribution >= 4 is 52.9 Å². The minimum absolute atomic E-state index is 0.298. The summed E-state index contributed by atoms with van der Waals surface area (Å²) >= 11 is 5.92. The molecule has 3 amide bonds. The summed E-state index contributed by atoms with van der Waals surface area (Å²) in [5.41, 5.74) is 0.854. The van der Waals surface area contributed by atoms with Gasteiger partial charge in [0.2, 0.25) is 17.7 Å². The Bertz CT molecular complexity index is 1240. The molecule has 1 N–H and O–H groups in total. The van der Waals surface area contributed by atoms with Gasteiger partial charge in [0, 0.05) is 23.8 Å². The maximum absolute atomic E-state index is 13.5. The van der Waals surface area contributed by atoms with E-state index in [4.69, 9.17) is 16.3 Å². The fraction of sp³-hybridized carbons (Fsp3) is 0.208. The first-order valence-corrected chi connectivity index (χ1v) is 10.9. The highest BCUT2D eigenvalue weighted by molar-refractivity contribution is 6.30. The predicted molar refractivity (Wildman–Crippen MR) is 124 cm³/mol. The summed E-state index contributed by atoms with van der Waals surface area (Å²) in [5, 5.41) is 9.16. The molecular weight excluding hydrogens is 460 g/mol. The predicted octanol–water partition coefficient (Wildman–Crippen LogP) is 2.62. The highest BCUT2D eigenvalue weighted by Gasteiger charge is 2.64. The van der Waals surface area contributed by atoms with Gasteiger partial charge in [-0.15, -0.1) is 0 Å². The summed E-state index contributed by atoms with van der Waals surface area (Å²) in [7, 11) is 0. The van der Waals surface area contributed by atoms with Crippen LogP contribution in [0.4, 0.5) is 11.4 Å². The van der Waals surface area contributed by atoms with E-state index in [1.54, 1.807) is 36.4 Å². The molecule has 4 atom stereocenters. The summed E-state index contributed by atoms with van der Waals surface area (Å²) in [6, 6.07) is 11.2. The number of carbonyl (C=O) groups excluding carboxylic acids is 4. The van der Waals surface area contributed by atoms with Crippen LogP contribution in [-0.4, -0.2) is 47.0 Å². The number of allylic oxidation sites excluding steroid dienone is 1. The number of nitrogens with zero attached hydrogens (tertiary/aromatic N) is 3. The van der Waals surface area contributed by atoms with E-state index in [9.17, 15) is 19.2 Å². The number of nitrogens with one attached hydrogen (secondary N) is 1. The smallest absolute Gasteiger partial charge is 0.308 e. The average Bonchev–Trinajstić information content (AvgIpc) is 3.28. The molecule has 2 aromatic carbocycles. The number of anilines is 2. The number of halogens is 1. The molecule has 0 aliphatic carbocycles. The molecular formula is C24H19ClN4O5. The second kappa shape index (κ2) is 8.42. The van der Waals surface area contributed by atoms with Crippen molar-refractivity contribution in [1.29, 1.82) is 0 Å². The Morgan fingerprint density at radius 3 is 2.35 bits per heavy atom. The standard InChI is InChI=1S/C24H19ClN4O5/c1-13(30)34-17-10-8-16(9-11-17)28-23(32)19-18-3-2-12-26-29(18)21(20(19)24(28)33)22(31)27-15-6-4-14(25)5-7-15/h2-12,18-21H,1H3,(H,27,31). The maximum Gasteiger partial charge on any atom is 0.308 e. The lowest BCUT2D eigenvalue weighted by Gasteiger charge is -2.30. The largest absolute Gasteiger partial charge is 0.427 e. The monoisotopic (exact) mass is 478 g/mol. The van der Waals surface area contributed by atoms with Gasteiger partial charge in [0.25, 0.3) is 0 Å². The third kappa shape index (κ3) is 3.63. The van der Waals surface area contributed by atoms with E-state index >= 15 is 0 Å². The molecule has 0 bridgehead atoms. The SMILES string of the molecule is CC(=O)Oc1ccc(N2C(=O)C3C(C2=O)C(C(=O)Nc2ccc(Cl)cc2)N2N=CC=CC32)cc1. The van der Waals surface area contributed by atoms with Gasteiger partial charge in [-0.25, -0.2) is 4.90 Å². The normalized spacial score (nSPS) is 24.8. The van der Waals surface area contributed by atoms with E-state index in [0.29, 0.717) is 22.1 Å². The molecule has 3 heterocycles. The van der Waals surface area contributed by atoms with Crippen LogP contribution in [0.2, 0.25) is 5.02 Å². The molecule has 0 aromatic heterocycles. The number of ether oxygens (including phenoxy) is 1. The van der Waals surface area contributed by atoms with Crippen molar-refractivity contribution in [3.8, 4) is 5.75 Å². The van der Waals surface area contributed by atoms with Gasteiger partial charge in [0.05, 0.1) is 23.6 Å². The van der Waals surface area contributed by atoms with Crippen LogP contribution < -0.4 is 15.0 Å². The number of esters is 1. The van der Waals surface area contributed by atoms with Crippen molar-refractivity contribution < 1.29 is 23.9 Å². The second-order valence-corrected chi connectivity index (χ2v) is 8.55. The summed E-state index contributed by atoms with van der Waals surface area (Å²) < 4.78 is 5.02. The summed E-state index contributed by atoms with van der Waals surface area (Å²) in [5.74, 6) is -3.20. The lowest BCUT2D eigenvalue weighted by molar-refractivity contribution is -0.132. The summed E-state index contributed by atoms with van der Waals surface area (Å²) in [6.07, 6.45) is 5.01. The zero-order valence-electron chi connectivity index (χ0n) is 17.9. The quantitative estimate of drug-likeness (QED) is 0.411. The van der Waals surface area contributed by atoms with E-state index < -0.39 is 47.6 Å². The molecule has 5 rings (SSSR count). The van der Waals surface area contributed by atoms with Crippen LogP contribution in [0.1, 0.15) is 6.92 Å². The van der Waals surface area contributed by atoms with Crippen LogP contribution in [0.25, 0.3) is 0 Å². The Hall–Kier alpha value is -3.98. The lowest BCUT2D eigenvalue weighted by Crippen LogP contribution is -2.47. The number of hydrazone groups is 1. The Morgan fingerprint density at radius 2 is 1.68 bits per heavy atom. The summed E-state index contributed by atoms with van der Waals surface area (Å²) in [6.45, 7) is 1.28. The zero-order chi connectivity index (χ0) is 24.0. The Morgan fingerprint density at radius 1 is 1.00 bits per heavy atom.